The average molecular weight is 272 g/mol. The van der Waals surface area contributed by atoms with E-state index >= 15 is 0 Å². The van der Waals surface area contributed by atoms with E-state index in [1.165, 1.54) is 0 Å². The Morgan fingerprint density at radius 2 is 1.95 bits per heavy atom. The first kappa shape index (κ1) is 13.3. The zero-order valence-electron chi connectivity index (χ0n) is 10.6. The third-order valence-electron chi connectivity index (χ3n) is 2.78. The summed E-state index contributed by atoms with van der Waals surface area (Å²) in [5, 5.41) is 3.94. The van der Waals surface area contributed by atoms with Gasteiger partial charge in [0.2, 0.25) is 0 Å². The van der Waals surface area contributed by atoms with Crippen molar-refractivity contribution < 1.29 is 4.74 Å². The summed E-state index contributed by atoms with van der Waals surface area (Å²) in [6.07, 6.45) is 5.46. The summed E-state index contributed by atoms with van der Waals surface area (Å²) in [5.41, 5.74) is 2.82. The molecule has 0 atom stereocenters. The first-order valence-electron chi connectivity index (χ1n) is 5.86. The van der Waals surface area contributed by atoms with E-state index in [2.05, 4.69) is 11.2 Å². The summed E-state index contributed by atoms with van der Waals surface area (Å²) < 4.78 is 5.12. The Morgan fingerprint density at radius 1 is 1.21 bits per heavy atom. The van der Waals surface area contributed by atoms with Gasteiger partial charge in [0.1, 0.15) is 5.75 Å². The van der Waals surface area contributed by atoms with Gasteiger partial charge in [-0.3, -0.25) is 0 Å². The number of halogens is 1. The Bertz CT molecular complexity index is 599. The van der Waals surface area contributed by atoms with Crippen LogP contribution in [0.15, 0.2) is 42.5 Å². The minimum absolute atomic E-state index is 0.642. The molecule has 0 bridgehead atoms. The van der Waals surface area contributed by atoms with Crippen molar-refractivity contribution >= 4 is 17.3 Å². The van der Waals surface area contributed by atoms with Crippen LogP contribution >= 0.6 is 11.6 Å². The summed E-state index contributed by atoms with van der Waals surface area (Å²) in [6, 6.07) is 13.4. The monoisotopic (exact) mass is 271 g/mol. The Hall–Kier alpha value is -2.11. The molecule has 0 fully saturated rings. The Kier molecular flexibility index (Phi) is 4.33. The van der Waals surface area contributed by atoms with E-state index in [4.69, 9.17) is 22.8 Å². The summed E-state index contributed by atoms with van der Waals surface area (Å²) in [5.74, 6) is 3.47. The van der Waals surface area contributed by atoms with Crippen molar-refractivity contribution in [3.05, 3.63) is 58.6 Å². The molecule has 3 heteroatoms. The molecule has 2 aromatic carbocycles. The number of ether oxygens (including phenoxy) is 1. The number of methoxy groups -OCH3 is 1. The third kappa shape index (κ3) is 3.43. The molecule has 0 saturated heterocycles. The number of anilines is 1. The molecule has 0 aliphatic heterocycles. The average Bonchev–Trinajstić information content (AvgIpc) is 2.46. The fourth-order valence-electron chi connectivity index (χ4n) is 1.73. The maximum atomic E-state index is 5.91. The van der Waals surface area contributed by atoms with Crippen molar-refractivity contribution in [2.75, 3.05) is 12.4 Å². The smallest absolute Gasteiger partial charge is 0.118 e. The van der Waals surface area contributed by atoms with Gasteiger partial charge < -0.3 is 10.1 Å². The van der Waals surface area contributed by atoms with E-state index in [0.717, 1.165) is 22.6 Å². The lowest BCUT2D eigenvalue weighted by Gasteiger charge is -2.09. The topological polar surface area (TPSA) is 21.3 Å². The minimum atomic E-state index is 0.642. The van der Waals surface area contributed by atoms with E-state index in [1.807, 2.05) is 36.4 Å². The minimum Gasteiger partial charge on any atom is -0.497 e. The largest absolute Gasteiger partial charge is 0.497 e. The highest BCUT2D eigenvalue weighted by Crippen LogP contribution is 2.21. The Morgan fingerprint density at radius 3 is 2.58 bits per heavy atom. The maximum absolute atomic E-state index is 5.91. The number of hydrogen-bond donors (Lipinski definition) is 1. The third-order valence-corrected chi connectivity index (χ3v) is 3.01. The fraction of sp³-hybridized carbons (Fsp3) is 0.125. The summed E-state index contributed by atoms with van der Waals surface area (Å²) in [4.78, 5) is 0. The van der Waals surface area contributed by atoms with Gasteiger partial charge in [-0.2, -0.15) is 0 Å². The number of rotatable bonds is 4. The molecule has 0 saturated carbocycles. The lowest BCUT2D eigenvalue weighted by Crippen LogP contribution is -2.01. The zero-order chi connectivity index (χ0) is 13.7. The van der Waals surface area contributed by atoms with Gasteiger partial charge in [0, 0.05) is 17.1 Å². The molecule has 19 heavy (non-hydrogen) atoms. The van der Waals surface area contributed by atoms with Crippen molar-refractivity contribution in [3.63, 3.8) is 0 Å². The van der Waals surface area contributed by atoms with Gasteiger partial charge in [-0.15, -0.1) is 6.42 Å². The van der Waals surface area contributed by atoms with Crippen molar-refractivity contribution in [1.82, 2.24) is 0 Å². The molecule has 0 spiro atoms. The lowest BCUT2D eigenvalue weighted by atomic mass is 10.1. The van der Waals surface area contributed by atoms with Gasteiger partial charge in [-0.25, -0.2) is 0 Å². The molecule has 2 nitrogen and oxygen atoms in total. The van der Waals surface area contributed by atoms with E-state index in [1.54, 1.807) is 13.2 Å². The second kappa shape index (κ2) is 6.17. The van der Waals surface area contributed by atoms with Gasteiger partial charge in [-0.1, -0.05) is 29.7 Å². The summed E-state index contributed by atoms with van der Waals surface area (Å²) in [7, 11) is 1.65. The van der Waals surface area contributed by atoms with Crippen LogP contribution in [0.4, 0.5) is 5.69 Å². The van der Waals surface area contributed by atoms with Crippen LogP contribution in [-0.4, -0.2) is 7.11 Å². The van der Waals surface area contributed by atoms with Gasteiger partial charge >= 0.3 is 0 Å². The molecule has 0 radical (unpaired) electrons. The highest BCUT2D eigenvalue weighted by molar-refractivity contribution is 6.30. The van der Waals surface area contributed by atoms with Crippen LogP contribution in [0.5, 0.6) is 5.75 Å². The first-order valence-corrected chi connectivity index (χ1v) is 6.23. The highest BCUT2D eigenvalue weighted by atomic mass is 35.5. The van der Waals surface area contributed by atoms with Gasteiger partial charge in [0.15, 0.2) is 0 Å². The van der Waals surface area contributed by atoms with Gasteiger partial charge in [-0.05, 0) is 35.9 Å². The molecule has 2 rings (SSSR count). The van der Waals surface area contributed by atoms with E-state index in [9.17, 15) is 0 Å². The zero-order valence-corrected chi connectivity index (χ0v) is 11.4. The predicted octanol–water partition coefficient (Wildman–Crippen LogP) is 3.94. The van der Waals surface area contributed by atoms with Crippen molar-refractivity contribution in [2.24, 2.45) is 0 Å². The van der Waals surface area contributed by atoms with E-state index in [0.29, 0.717) is 11.6 Å². The van der Waals surface area contributed by atoms with Crippen molar-refractivity contribution in [2.45, 2.75) is 6.54 Å². The lowest BCUT2D eigenvalue weighted by molar-refractivity contribution is 0.414. The second-order valence-corrected chi connectivity index (χ2v) is 4.47. The molecular formula is C16H14ClNO. The van der Waals surface area contributed by atoms with Gasteiger partial charge in [0.05, 0.1) is 12.8 Å². The number of terminal acetylenes is 1. The second-order valence-electron chi connectivity index (χ2n) is 4.04. The molecule has 0 amide bonds. The highest BCUT2D eigenvalue weighted by Gasteiger charge is 2.01. The molecule has 0 heterocycles. The van der Waals surface area contributed by atoms with Crippen molar-refractivity contribution in [1.29, 1.82) is 0 Å². The standard InChI is InChI=1S/C16H14ClNO/c1-3-13-10-14(17)6-9-16(13)18-11-12-4-7-15(19-2)8-5-12/h1,4-10,18H,11H2,2H3. The number of hydrogen-bond acceptors (Lipinski definition) is 2. The molecular weight excluding hydrogens is 258 g/mol. The molecule has 2 aromatic rings. The fourth-order valence-corrected chi connectivity index (χ4v) is 1.90. The van der Waals surface area contributed by atoms with Crippen LogP contribution in [0.1, 0.15) is 11.1 Å². The van der Waals surface area contributed by atoms with Crippen LogP contribution in [-0.2, 0) is 6.54 Å². The molecule has 0 aliphatic rings. The Labute approximate surface area is 118 Å². The van der Waals surface area contributed by atoms with Crippen LogP contribution in [0.3, 0.4) is 0 Å². The van der Waals surface area contributed by atoms with Crippen LogP contribution < -0.4 is 10.1 Å². The quantitative estimate of drug-likeness (QED) is 0.851. The van der Waals surface area contributed by atoms with Crippen molar-refractivity contribution in [3.8, 4) is 18.1 Å². The molecule has 1 N–H and O–H groups in total. The maximum Gasteiger partial charge on any atom is 0.118 e. The van der Waals surface area contributed by atoms with Crippen LogP contribution in [0, 0.1) is 12.3 Å². The molecule has 96 valence electrons. The number of benzene rings is 2. The SMILES string of the molecule is C#Cc1cc(Cl)ccc1NCc1ccc(OC)cc1. The van der Waals surface area contributed by atoms with Gasteiger partial charge in [0.25, 0.3) is 0 Å². The van der Waals surface area contributed by atoms with Crippen LogP contribution in [0.2, 0.25) is 5.02 Å². The van der Waals surface area contributed by atoms with E-state index < -0.39 is 0 Å². The predicted molar refractivity (Wildman–Crippen MR) is 79.7 cm³/mol. The van der Waals surface area contributed by atoms with E-state index in [-0.39, 0.29) is 0 Å². The summed E-state index contributed by atoms with van der Waals surface area (Å²) >= 11 is 5.91. The molecule has 0 aliphatic carbocycles. The normalized spacial score (nSPS) is 9.74. The van der Waals surface area contributed by atoms with Crippen LogP contribution in [0.25, 0.3) is 0 Å². The Balaban J connectivity index is 2.08. The first-order chi connectivity index (χ1) is 9.22. The molecule has 0 aromatic heterocycles. The number of nitrogens with one attached hydrogen (secondary N) is 1. The summed E-state index contributed by atoms with van der Waals surface area (Å²) in [6.45, 7) is 0.695. The molecule has 0 unspecified atom stereocenters.